The molecule has 0 atom stereocenters. The van der Waals surface area contributed by atoms with E-state index < -0.39 is 0 Å². The third kappa shape index (κ3) is 3.88. The molecule has 0 fully saturated rings. The summed E-state index contributed by atoms with van der Waals surface area (Å²) in [6.45, 7) is 4.36. The van der Waals surface area contributed by atoms with E-state index in [-0.39, 0.29) is 11.9 Å². The second-order valence-corrected chi connectivity index (χ2v) is 8.31. The predicted octanol–water partition coefficient (Wildman–Crippen LogP) is 6.42. The van der Waals surface area contributed by atoms with Crippen molar-refractivity contribution in [3.05, 3.63) is 76.8 Å². The van der Waals surface area contributed by atoms with Crippen molar-refractivity contribution in [3.63, 3.8) is 0 Å². The largest absolute Gasteiger partial charge is 0.323 e. The van der Waals surface area contributed by atoms with Gasteiger partial charge in [0.05, 0.1) is 11.3 Å². The summed E-state index contributed by atoms with van der Waals surface area (Å²) in [4.78, 5) is 29.1. The second kappa shape index (κ2) is 8.42. The van der Waals surface area contributed by atoms with Gasteiger partial charge in [0.15, 0.2) is 0 Å². The van der Waals surface area contributed by atoms with Gasteiger partial charge >= 0.3 is 6.03 Å². The molecular formula is C23H20ClN3O2S. The van der Waals surface area contributed by atoms with Crippen molar-refractivity contribution in [2.24, 2.45) is 0 Å². The Morgan fingerprint density at radius 2 is 1.83 bits per heavy atom. The Bertz CT molecular complexity index is 1150. The number of rotatable bonds is 3. The molecule has 4 rings (SSSR count). The van der Waals surface area contributed by atoms with Crippen LogP contribution in [0.2, 0.25) is 5.02 Å². The second-order valence-electron chi connectivity index (χ2n) is 6.82. The van der Waals surface area contributed by atoms with E-state index in [0.29, 0.717) is 28.5 Å². The molecule has 1 heterocycles. The van der Waals surface area contributed by atoms with Crippen molar-refractivity contribution < 1.29 is 9.59 Å². The van der Waals surface area contributed by atoms with Crippen LogP contribution in [0.5, 0.6) is 0 Å². The Labute approximate surface area is 184 Å². The number of hydrogen-bond donors (Lipinski definition) is 2. The first-order chi connectivity index (χ1) is 14.5. The molecule has 0 aliphatic carbocycles. The normalized spacial score (nSPS) is 12.6. The maximum atomic E-state index is 13.0. The summed E-state index contributed by atoms with van der Waals surface area (Å²) in [5.74, 6) is -0.0192. The number of fused-ring (bicyclic) bond motifs is 2. The quantitative estimate of drug-likeness (QED) is 0.496. The highest BCUT2D eigenvalue weighted by atomic mass is 35.5. The fraction of sp³-hybridized carbons (Fsp3) is 0.130. The number of carbonyl (C=O) groups excluding carboxylic acids is 2. The molecule has 0 saturated carbocycles. The van der Waals surface area contributed by atoms with Crippen LogP contribution < -0.4 is 15.5 Å². The van der Waals surface area contributed by atoms with E-state index in [1.807, 2.05) is 50.2 Å². The van der Waals surface area contributed by atoms with Gasteiger partial charge in [0.2, 0.25) is 0 Å². The Kier molecular flexibility index (Phi) is 5.70. The van der Waals surface area contributed by atoms with E-state index in [1.54, 1.807) is 29.2 Å². The Balaban J connectivity index is 1.61. The van der Waals surface area contributed by atoms with Crippen LogP contribution in [0.25, 0.3) is 0 Å². The summed E-state index contributed by atoms with van der Waals surface area (Å²) in [5, 5.41) is 6.29. The van der Waals surface area contributed by atoms with Crippen LogP contribution in [0.1, 0.15) is 22.8 Å². The lowest BCUT2D eigenvalue weighted by atomic mass is 10.1. The average molecular weight is 438 g/mol. The zero-order chi connectivity index (χ0) is 21.3. The number of carbonyl (C=O) groups is 2. The molecule has 1 aliphatic rings. The summed E-state index contributed by atoms with van der Waals surface area (Å²) < 4.78 is 0. The van der Waals surface area contributed by atoms with Gasteiger partial charge in [-0.2, -0.15) is 0 Å². The number of hydrogen-bond acceptors (Lipinski definition) is 3. The lowest BCUT2D eigenvalue weighted by Crippen LogP contribution is -2.30. The van der Waals surface area contributed by atoms with Crippen molar-refractivity contribution >= 4 is 52.4 Å². The molecule has 0 bridgehead atoms. The van der Waals surface area contributed by atoms with Crippen molar-refractivity contribution in [3.8, 4) is 0 Å². The first-order valence-corrected chi connectivity index (χ1v) is 10.7. The summed E-state index contributed by atoms with van der Waals surface area (Å²) >= 11 is 7.65. The number of nitrogens with one attached hydrogen (secondary N) is 2. The minimum Gasteiger partial charge on any atom is -0.308 e. The van der Waals surface area contributed by atoms with E-state index in [9.17, 15) is 9.59 Å². The third-order valence-electron chi connectivity index (χ3n) is 4.92. The molecule has 3 aromatic carbocycles. The van der Waals surface area contributed by atoms with Gasteiger partial charge in [0, 0.05) is 32.7 Å². The maximum absolute atomic E-state index is 13.0. The third-order valence-corrected chi connectivity index (χ3v) is 6.46. The van der Waals surface area contributed by atoms with Crippen molar-refractivity contribution in [2.75, 3.05) is 22.1 Å². The Morgan fingerprint density at radius 3 is 2.63 bits per heavy atom. The van der Waals surface area contributed by atoms with E-state index >= 15 is 0 Å². The van der Waals surface area contributed by atoms with Gasteiger partial charge < -0.3 is 15.5 Å². The monoisotopic (exact) mass is 437 g/mol. The van der Waals surface area contributed by atoms with Gasteiger partial charge in [-0.15, -0.1) is 0 Å². The Morgan fingerprint density at radius 1 is 1.03 bits per heavy atom. The van der Waals surface area contributed by atoms with Crippen LogP contribution in [-0.4, -0.2) is 18.5 Å². The molecule has 3 aromatic rings. The number of nitrogens with zero attached hydrogens (tertiary/aromatic N) is 1. The molecule has 30 heavy (non-hydrogen) atoms. The van der Waals surface area contributed by atoms with E-state index in [2.05, 4.69) is 10.6 Å². The summed E-state index contributed by atoms with van der Waals surface area (Å²) in [5.41, 5.74) is 3.62. The molecule has 7 heteroatoms. The van der Waals surface area contributed by atoms with Crippen LogP contribution in [0.3, 0.4) is 0 Å². The topological polar surface area (TPSA) is 61.4 Å². The average Bonchev–Trinajstić information content (AvgIpc) is 2.85. The molecular weight excluding hydrogens is 418 g/mol. The predicted molar refractivity (Wildman–Crippen MR) is 123 cm³/mol. The number of amides is 3. The standard InChI is InChI=1S/C23H20ClN3O2S/c1-3-27-19-12-11-15(25-23(29)26-18-9-6-8-17(24)14(18)2)13-21(19)30-20-10-5-4-7-16(20)22(27)28/h4-13H,3H2,1-2H3,(H2,25,26,29). The highest BCUT2D eigenvalue weighted by Gasteiger charge is 2.26. The molecule has 152 valence electrons. The SMILES string of the molecule is CCN1C(=O)c2ccccc2Sc2cc(NC(=O)Nc3cccc(Cl)c3C)ccc21. The molecule has 1 aliphatic heterocycles. The molecule has 5 nitrogen and oxygen atoms in total. The summed E-state index contributed by atoms with van der Waals surface area (Å²) in [6, 6.07) is 18.2. The van der Waals surface area contributed by atoms with Gasteiger partial charge in [-0.05, 0) is 61.9 Å². The Hall–Kier alpha value is -2.96. The number of halogens is 1. The van der Waals surface area contributed by atoms with Crippen molar-refractivity contribution in [2.45, 2.75) is 23.6 Å². The zero-order valence-corrected chi connectivity index (χ0v) is 18.1. The summed E-state index contributed by atoms with van der Waals surface area (Å²) in [7, 11) is 0. The first-order valence-electron chi connectivity index (χ1n) is 9.54. The lowest BCUT2D eigenvalue weighted by molar-refractivity contribution is 0.0985. The maximum Gasteiger partial charge on any atom is 0.323 e. The van der Waals surface area contributed by atoms with E-state index in [0.717, 1.165) is 21.0 Å². The van der Waals surface area contributed by atoms with Crippen LogP contribution >= 0.6 is 23.4 Å². The summed E-state index contributed by atoms with van der Waals surface area (Å²) in [6.07, 6.45) is 0. The van der Waals surface area contributed by atoms with E-state index in [4.69, 9.17) is 11.6 Å². The van der Waals surface area contributed by atoms with Crippen LogP contribution in [0.15, 0.2) is 70.5 Å². The highest BCUT2D eigenvalue weighted by molar-refractivity contribution is 7.99. The van der Waals surface area contributed by atoms with Gasteiger partial charge in [-0.3, -0.25) is 4.79 Å². The van der Waals surface area contributed by atoms with Crippen LogP contribution in [0.4, 0.5) is 21.9 Å². The molecule has 0 unspecified atom stereocenters. The van der Waals surface area contributed by atoms with Gasteiger partial charge in [-0.1, -0.05) is 41.6 Å². The van der Waals surface area contributed by atoms with Gasteiger partial charge in [-0.25, -0.2) is 4.79 Å². The number of anilines is 3. The highest BCUT2D eigenvalue weighted by Crippen LogP contribution is 2.42. The smallest absolute Gasteiger partial charge is 0.308 e. The molecule has 0 radical (unpaired) electrons. The van der Waals surface area contributed by atoms with E-state index in [1.165, 1.54) is 11.8 Å². The van der Waals surface area contributed by atoms with Crippen LogP contribution in [0, 0.1) is 6.92 Å². The fourth-order valence-corrected chi connectivity index (χ4v) is 4.64. The fourth-order valence-electron chi connectivity index (χ4n) is 3.34. The molecule has 0 aromatic heterocycles. The first kappa shape index (κ1) is 20.3. The molecule has 2 N–H and O–H groups in total. The number of urea groups is 1. The zero-order valence-electron chi connectivity index (χ0n) is 16.5. The van der Waals surface area contributed by atoms with Crippen molar-refractivity contribution in [1.29, 1.82) is 0 Å². The van der Waals surface area contributed by atoms with Gasteiger partial charge in [0.25, 0.3) is 5.91 Å². The number of benzene rings is 3. The minimum atomic E-state index is -0.359. The molecule has 3 amide bonds. The molecule has 0 spiro atoms. The minimum absolute atomic E-state index is 0.0192. The van der Waals surface area contributed by atoms with Crippen LogP contribution in [-0.2, 0) is 0 Å². The molecule has 0 saturated heterocycles. The lowest BCUT2D eigenvalue weighted by Gasteiger charge is -2.21. The van der Waals surface area contributed by atoms with Crippen molar-refractivity contribution in [1.82, 2.24) is 0 Å². The van der Waals surface area contributed by atoms with Gasteiger partial charge in [0.1, 0.15) is 0 Å².